The van der Waals surface area contributed by atoms with Crippen LogP contribution in [-0.2, 0) is 13.6 Å². The number of nitrogen functional groups attached to an aromatic ring is 1. The minimum Gasteiger partial charge on any atom is -0.396 e. The molecule has 11 nitrogen and oxygen atoms in total. The van der Waals surface area contributed by atoms with Crippen molar-refractivity contribution in [3.8, 4) is 0 Å². The molecule has 0 aromatic carbocycles. The summed E-state index contributed by atoms with van der Waals surface area (Å²) in [5.41, 5.74) is 5.77. The number of aromatic nitrogens is 4. The first-order valence-corrected chi connectivity index (χ1v) is 17.3. The lowest BCUT2D eigenvalue weighted by Crippen LogP contribution is -2.43. The molecule has 12 heteroatoms. The standard InChI is InChI=1S/C29H52N5O6P/c1-2-3-4-5-6-7-8-9-10-11-12-13-14-15-16-17-18-39-41(37,38)40-21-24-23(20-35)19-25(24)34-22-31-26-27(34)32-29(30)33-28(26)36/h22-25,35H,2-21H2,1H3,(H,37,38)(H3,30,32,33,36)/t23-,24+,25-/m1/s1. The number of nitrogens with one attached hydrogen (secondary N) is 1. The van der Waals surface area contributed by atoms with E-state index in [0.29, 0.717) is 18.5 Å². The van der Waals surface area contributed by atoms with Crippen LogP contribution in [0.1, 0.15) is 122 Å². The molecule has 0 radical (unpaired) electrons. The molecule has 5 N–H and O–H groups in total. The van der Waals surface area contributed by atoms with Gasteiger partial charge in [0, 0.05) is 18.6 Å². The van der Waals surface area contributed by atoms with Gasteiger partial charge >= 0.3 is 7.82 Å². The van der Waals surface area contributed by atoms with E-state index in [-0.39, 0.29) is 49.2 Å². The van der Waals surface area contributed by atoms with Crippen LogP contribution in [0.3, 0.4) is 0 Å². The lowest BCUT2D eigenvalue weighted by Gasteiger charge is -2.44. The molecule has 0 saturated heterocycles. The van der Waals surface area contributed by atoms with Gasteiger partial charge < -0.3 is 20.3 Å². The van der Waals surface area contributed by atoms with Crippen LogP contribution in [0.25, 0.3) is 11.2 Å². The number of imidazole rings is 1. The van der Waals surface area contributed by atoms with Gasteiger partial charge in [-0.25, -0.2) is 9.55 Å². The molecule has 1 saturated carbocycles. The number of aliphatic hydroxyl groups is 1. The first kappa shape index (κ1) is 33.7. The van der Waals surface area contributed by atoms with Crippen molar-refractivity contribution in [2.45, 2.75) is 122 Å². The van der Waals surface area contributed by atoms with Gasteiger partial charge in [-0.15, -0.1) is 0 Å². The highest BCUT2D eigenvalue weighted by molar-refractivity contribution is 7.47. The van der Waals surface area contributed by atoms with Crippen molar-refractivity contribution in [1.82, 2.24) is 19.5 Å². The Hall–Kier alpha value is -1.78. The van der Waals surface area contributed by atoms with Gasteiger partial charge in [-0.1, -0.05) is 103 Å². The summed E-state index contributed by atoms with van der Waals surface area (Å²) in [4.78, 5) is 33.0. The summed E-state index contributed by atoms with van der Waals surface area (Å²) in [6.07, 6.45) is 22.3. The van der Waals surface area contributed by atoms with E-state index in [9.17, 15) is 19.4 Å². The van der Waals surface area contributed by atoms with Crippen LogP contribution < -0.4 is 11.3 Å². The predicted octanol–water partition coefficient (Wildman–Crippen LogP) is 6.27. The molecule has 2 aromatic rings. The van der Waals surface area contributed by atoms with Gasteiger partial charge in [0.05, 0.1) is 19.5 Å². The van der Waals surface area contributed by atoms with Crippen molar-refractivity contribution in [2.75, 3.05) is 25.6 Å². The summed E-state index contributed by atoms with van der Waals surface area (Å²) >= 11 is 0. The number of phosphoric acid groups is 1. The number of nitrogens with two attached hydrogens (primary N) is 1. The van der Waals surface area contributed by atoms with Crippen LogP contribution in [0.5, 0.6) is 0 Å². The molecule has 1 unspecified atom stereocenters. The molecule has 2 aromatic heterocycles. The average Bonchev–Trinajstić information content (AvgIpc) is 3.33. The third-order valence-electron chi connectivity index (χ3n) is 8.37. The van der Waals surface area contributed by atoms with E-state index in [1.54, 1.807) is 4.57 Å². The zero-order valence-electron chi connectivity index (χ0n) is 24.8. The Morgan fingerprint density at radius 1 is 0.976 bits per heavy atom. The fraction of sp³-hybridized carbons (Fsp3) is 0.828. The van der Waals surface area contributed by atoms with E-state index >= 15 is 0 Å². The summed E-state index contributed by atoms with van der Waals surface area (Å²) in [6, 6.07) is -0.203. The third-order valence-corrected chi connectivity index (χ3v) is 9.35. The number of H-pyrrole nitrogens is 1. The summed E-state index contributed by atoms with van der Waals surface area (Å²) in [7, 11) is -4.22. The highest BCUT2D eigenvalue weighted by Gasteiger charge is 2.44. The third kappa shape index (κ3) is 11.1. The largest absolute Gasteiger partial charge is 0.472 e. The van der Waals surface area contributed by atoms with E-state index in [1.165, 1.54) is 89.8 Å². The molecule has 1 fully saturated rings. The molecule has 234 valence electrons. The van der Waals surface area contributed by atoms with E-state index in [4.69, 9.17) is 14.8 Å². The van der Waals surface area contributed by atoms with Gasteiger partial charge in [-0.2, -0.15) is 4.98 Å². The number of rotatable bonds is 23. The number of hydrogen-bond acceptors (Lipinski definition) is 8. The molecule has 41 heavy (non-hydrogen) atoms. The lowest BCUT2D eigenvalue weighted by atomic mass is 9.70. The minimum absolute atomic E-state index is 0.0163. The number of hydrogen-bond donors (Lipinski definition) is 4. The Bertz CT molecular complexity index is 1120. The average molecular weight is 598 g/mol. The zero-order chi connectivity index (χ0) is 29.5. The smallest absolute Gasteiger partial charge is 0.396 e. The first-order valence-electron chi connectivity index (χ1n) is 15.8. The van der Waals surface area contributed by atoms with Crippen LogP contribution in [0, 0.1) is 11.8 Å². The second-order valence-electron chi connectivity index (χ2n) is 11.6. The lowest BCUT2D eigenvalue weighted by molar-refractivity contribution is -0.00824. The number of aromatic amines is 1. The maximum Gasteiger partial charge on any atom is 0.472 e. The molecule has 4 atom stereocenters. The topological polar surface area (TPSA) is 166 Å². The van der Waals surface area contributed by atoms with Crippen LogP contribution in [0.2, 0.25) is 0 Å². The minimum atomic E-state index is -4.22. The number of fused-ring (bicyclic) bond motifs is 1. The van der Waals surface area contributed by atoms with Gasteiger partial charge in [0.1, 0.15) is 0 Å². The number of aliphatic hydroxyl groups excluding tert-OH is 1. The van der Waals surface area contributed by atoms with Crippen molar-refractivity contribution < 1.29 is 23.6 Å². The Morgan fingerprint density at radius 2 is 1.54 bits per heavy atom. The quantitative estimate of drug-likeness (QED) is 0.0853. The van der Waals surface area contributed by atoms with Crippen molar-refractivity contribution in [3.63, 3.8) is 0 Å². The highest BCUT2D eigenvalue weighted by atomic mass is 31.2. The number of phosphoric ester groups is 1. The van der Waals surface area contributed by atoms with Crippen LogP contribution in [0.15, 0.2) is 11.1 Å². The fourth-order valence-corrected chi connectivity index (χ4v) is 6.58. The van der Waals surface area contributed by atoms with E-state index in [1.807, 2.05) is 0 Å². The van der Waals surface area contributed by atoms with Crippen molar-refractivity contribution in [2.24, 2.45) is 11.8 Å². The number of unbranched alkanes of at least 4 members (excludes halogenated alkanes) is 15. The van der Waals surface area contributed by atoms with Gasteiger partial charge in [0.15, 0.2) is 11.2 Å². The van der Waals surface area contributed by atoms with Gasteiger partial charge in [-0.3, -0.25) is 18.8 Å². The molecule has 0 aliphatic heterocycles. The Morgan fingerprint density at radius 3 is 2.10 bits per heavy atom. The van der Waals surface area contributed by atoms with Gasteiger partial charge in [-0.05, 0) is 18.8 Å². The van der Waals surface area contributed by atoms with Crippen molar-refractivity contribution >= 4 is 24.9 Å². The second kappa shape index (κ2) is 18.0. The maximum atomic E-state index is 12.5. The molecule has 0 amide bonds. The second-order valence-corrected chi connectivity index (χ2v) is 13.0. The zero-order valence-corrected chi connectivity index (χ0v) is 25.7. The van der Waals surface area contributed by atoms with Gasteiger partial charge in [0.2, 0.25) is 5.95 Å². The van der Waals surface area contributed by atoms with Crippen molar-refractivity contribution in [1.29, 1.82) is 0 Å². The Kier molecular flexibility index (Phi) is 14.8. The molecule has 2 heterocycles. The molecule has 1 aliphatic carbocycles. The Labute approximate surface area is 244 Å². The highest BCUT2D eigenvalue weighted by Crippen LogP contribution is 2.50. The molecule has 0 bridgehead atoms. The fourth-order valence-electron chi connectivity index (χ4n) is 5.79. The summed E-state index contributed by atoms with van der Waals surface area (Å²) in [5.74, 6) is -0.395. The maximum absolute atomic E-state index is 12.5. The monoisotopic (exact) mass is 597 g/mol. The first-order chi connectivity index (χ1) is 19.9. The van der Waals surface area contributed by atoms with E-state index in [2.05, 4.69) is 21.9 Å². The molecule has 0 spiro atoms. The van der Waals surface area contributed by atoms with E-state index in [0.717, 1.165) is 12.8 Å². The Balaban J connectivity index is 1.24. The molecular weight excluding hydrogens is 545 g/mol. The summed E-state index contributed by atoms with van der Waals surface area (Å²) in [5, 5.41) is 9.73. The summed E-state index contributed by atoms with van der Waals surface area (Å²) in [6.45, 7) is 2.28. The van der Waals surface area contributed by atoms with Crippen LogP contribution in [0.4, 0.5) is 5.95 Å². The van der Waals surface area contributed by atoms with Crippen molar-refractivity contribution in [3.05, 3.63) is 16.7 Å². The molecule has 3 rings (SSSR count). The van der Waals surface area contributed by atoms with E-state index < -0.39 is 13.4 Å². The molecule has 1 aliphatic rings. The summed E-state index contributed by atoms with van der Waals surface area (Å²) < 4.78 is 24.7. The number of anilines is 1. The molecular formula is C29H52N5O6P. The normalized spacial score (nSPS) is 20.3. The van der Waals surface area contributed by atoms with Crippen LogP contribution in [-0.4, -0.2) is 49.3 Å². The number of nitrogens with zero attached hydrogens (tertiary/aromatic N) is 3. The SMILES string of the molecule is CCCCCCCCCCCCCCCCCCOP(=O)(O)OC[C@H]1[C@@H](CO)C[C@H]1n1cnc2c(=O)[nH]c(N)nc21. The van der Waals surface area contributed by atoms with Gasteiger partial charge in [0.25, 0.3) is 5.56 Å². The van der Waals surface area contributed by atoms with Crippen LogP contribution >= 0.6 is 7.82 Å². The predicted molar refractivity (Wildman–Crippen MR) is 162 cm³/mol.